The minimum Gasteiger partial charge on any atom is -0.478 e. The van der Waals surface area contributed by atoms with Crippen molar-refractivity contribution in [3.63, 3.8) is 0 Å². The van der Waals surface area contributed by atoms with Crippen molar-refractivity contribution in [2.24, 2.45) is 7.05 Å². The number of carbonyl (C=O) groups excluding carboxylic acids is 1. The first-order chi connectivity index (χ1) is 9.45. The van der Waals surface area contributed by atoms with Crippen LogP contribution < -0.4 is 5.32 Å². The third-order valence-corrected chi connectivity index (χ3v) is 3.25. The van der Waals surface area contributed by atoms with E-state index in [-0.39, 0.29) is 5.91 Å². The number of anilines is 1. The van der Waals surface area contributed by atoms with Crippen LogP contribution in [-0.4, -0.2) is 31.7 Å². The van der Waals surface area contributed by atoms with Gasteiger partial charge in [-0.2, -0.15) is 5.10 Å². The van der Waals surface area contributed by atoms with Crippen LogP contribution in [0.1, 0.15) is 21.1 Å². The molecule has 0 atom stereocenters. The van der Waals surface area contributed by atoms with E-state index in [0.29, 0.717) is 15.7 Å². The number of hydrogen-bond acceptors (Lipinski definition) is 5. The van der Waals surface area contributed by atoms with Gasteiger partial charge in [0.1, 0.15) is 5.69 Å². The second kappa shape index (κ2) is 5.66. The molecule has 0 saturated carbocycles. The number of thiazole rings is 1. The number of aliphatic carboxylic acids is 1. The van der Waals surface area contributed by atoms with E-state index in [4.69, 9.17) is 5.11 Å². The predicted molar refractivity (Wildman–Crippen MR) is 74.7 cm³/mol. The summed E-state index contributed by atoms with van der Waals surface area (Å²) in [5, 5.41) is 15.7. The maximum absolute atomic E-state index is 12.0. The zero-order valence-electron chi connectivity index (χ0n) is 10.8. The van der Waals surface area contributed by atoms with Crippen molar-refractivity contribution in [2.45, 2.75) is 6.92 Å². The van der Waals surface area contributed by atoms with Gasteiger partial charge in [0.2, 0.25) is 0 Å². The zero-order valence-corrected chi connectivity index (χ0v) is 11.6. The summed E-state index contributed by atoms with van der Waals surface area (Å²) in [6, 6.07) is 1.67. The molecule has 2 heterocycles. The highest BCUT2D eigenvalue weighted by Gasteiger charge is 2.13. The monoisotopic (exact) mass is 292 g/mol. The van der Waals surface area contributed by atoms with E-state index in [0.717, 1.165) is 11.8 Å². The average molecular weight is 292 g/mol. The number of aromatic nitrogens is 3. The van der Waals surface area contributed by atoms with Gasteiger partial charge in [-0.3, -0.25) is 14.8 Å². The molecule has 0 unspecified atom stereocenters. The second-order valence-electron chi connectivity index (χ2n) is 3.99. The van der Waals surface area contributed by atoms with Crippen molar-refractivity contribution in [1.82, 2.24) is 14.8 Å². The van der Waals surface area contributed by atoms with Gasteiger partial charge in [0.15, 0.2) is 5.13 Å². The molecule has 0 aliphatic heterocycles. The molecule has 20 heavy (non-hydrogen) atoms. The molecule has 0 bridgehead atoms. The summed E-state index contributed by atoms with van der Waals surface area (Å²) in [4.78, 5) is 27.1. The fraction of sp³-hybridized carbons (Fsp3) is 0.167. The number of nitrogens with one attached hydrogen (secondary N) is 1. The van der Waals surface area contributed by atoms with E-state index < -0.39 is 5.97 Å². The second-order valence-corrected chi connectivity index (χ2v) is 5.05. The number of rotatable bonds is 4. The first kappa shape index (κ1) is 13.9. The van der Waals surface area contributed by atoms with Crippen LogP contribution in [0.4, 0.5) is 5.13 Å². The maximum atomic E-state index is 12.0. The molecule has 0 saturated heterocycles. The quantitative estimate of drug-likeness (QED) is 0.833. The van der Waals surface area contributed by atoms with Crippen molar-refractivity contribution in [1.29, 1.82) is 0 Å². The van der Waals surface area contributed by atoms with Crippen LogP contribution >= 0.6 is 11.3 Å². The van der Waals surface area contributed by atoms with Crippen molar-refractivity contribution in [2.75, 3.05) is 5.32 Å². The van der Waals surface area contributed by atoms with Gasteiger partial charge in [-0.05, 0) is 19.1 Å². The highest BCUT2D eigenvalue weighted by atomic mass is 32.1. The topological polar surface area (TPSA) is 97.1 Å². The Kier molecular flexibility index (Phi) is 3.94. The fourth-order valence-electron chi connectivity index (χ4n) is 1.56. The Morgan fingerprint density at radius 1 is 1.50 bits per heavy atom. The zero-order chi connectivity index (χ0) is 14.7. The van der Waals surface area contributed by atoms with Crippen LogP contribution in [0.5, 0.6) is 0 Å². The van der Waals surface area contributed by atoms with Crippen LogP contribution in [-0.2, 0) is 11.8 Å². The van der Waals surface area contributed by atoms with E-state index in [1.54, 1.807) is 20.0 Å². The molecular weight excluding hydrogens is 280 g/mol. The van der Waals surface area contributed by atoms with E-state index >= 15 is 0 Å². The third kappa shape index (κ3) is 3.29. The number of aryl methyl sites for hydroxylation is 2. The summed E-state index contributed by atoms with van der Waals surface area (Å²) >= 11 is 1.19. The van der Waals surface area contributed by atoms with Crippen molar-refractivity contribution >= 4 is 34.4 Å². The van der Waals surface area contributed by atoms with Gasteiger partial charge in [-0.1, -0.05) is 11.3 Å². The lowest BCUT2D eigenvalue weighted by molar-refractivity contribution is -0.131. The minimum absolute atomic E-state index is 0.309. The lowest BCUT2D eigenvalue weighted by Crippen LogP contribution is -2.15. The van der Waals surface area contributed by atoms with Crippen molar-refractivity contribution in [3.8, 4) is 0 Å². The summed E-state index contributed by atoms with van der Waals surface area (Å²) in [6.07, 6.45) is 3.93. The SMILES string of the molecule is Cc1cc(C(=O)Nc2ncc(C=CC(=O)O)s2)n(C)n1. The minimum atomic E-state index is -1.03. The Hall–Kier alpha value is -2.48. The van der Waals surface area contributed by atoms with Crippen LogP contribution in [0.25, 0.3) is 6.08 Å². The normalized spacial score (nSPS) is 10.9. The predicted octanol–water partition coefficient (Wildman–Crippen LogP) is 1.54. The van der Waals surface area contributed by atoms with Gasteiger partial charge in [-0.15, -0.1) is 0 Å². The highest BCUT2D eigenvalue weighted by molar-refractivity contribution is 7.16. The summed E-state index contributed by atoms with van der Waals surface area (Å²) in [5.74, 6) is -1.34. The van der Waals surface area contributed by atoms with Gasteiger partial charge >= 0.3 is 5.97 Å². The number of carboxylic acid groups (broad SMARTS) is 1. The third-order valence-electron chi connectivity index (χ3n) is 2.37. The van der Waals surface area contributed by atoms with E-state index in [2.05, 4.69) is 15.4 Å². The first-order valence-electron chi connectivity index (χ1n) is 5.64. The average Bonchev–Trinajstić information content (AvgIpc) is 2.93. The molecule has 0 spiro atoms. The Balaban J connectivity index is 2.09. The number of nitrogens with zero attached hydrogens (tertiary/aromatic N) is 3. The fourth-order valence-corrected chi connectivity index (χ4v) is 2.27. The molecule has 8 heteroatoms. The molecule has 1 amide bonds. The number of carboxylic acids is 1. The smallest absolute Gasteiger partial charge is 0.328 e. The molecule has 2 aromatic heterocycles. The molecule has 7 nitrogen and oxygen atoms in total. The molecule has 2 N–H and O–H groups in total. The van der Waals surface area contributed by atoms with Gasteiger partial charge in [0.25, 0.3) is 5.91 Å². The van der Waals surface area contributed by atoms with Gasteiger partial charge in [0.05, 0.1) is 5.69 Å². The summed E-state index contributed by atoms with van der Waals surface area (Å²) in [6.45, 7) is 1.80. The molecule has 0 aromatic carbocycles. The first-order valence-corrected chi connectivity index (χ1v) is 6.46. The summed E-state index contributed by atoms with van der Waals surface area (Å²) in [7, 11) is 1.69. The van der Waals surface area contributed by atoms with E-state index in [1.165, 1.54) is 28.3 Å². The number of hydrogen-bond donors (Lipinski definition) is 2. The van der Waals surface area contributed by atoms with Crippen LogP contribution in [0.15, 0.2) is 18.3 Å². The van der Waals surface area contributed by atoms with Crippen LogP contribution in [0.3, 0.4) is 0 Å². The molecule has 0 radical (unpaired) electrons. The van der Waals surface area contributed by atoms with Gasteiger partial charge in [0, 0.05) is 24.2 Å². The van der Waals surface area contributed by atoms with E-state index in [9.17, 15) is 9.59 Å². The van der Waals surface area contributed by atoms with Crippen molar-refractivity contribution < 1.29 is 14.7 Å². The molecule has 2 rings (SSSR count). The molecule has 2 aromatic rings. The largest absolute Gasteiger partial charge is 0.478 e. The van der Waals surface area contributed by atoms with Gasteiger partial charge in [-0.25, -0.2) is 9.78 Å². The highest BCUT2D eigenvalue weighted by Crippen LogP contribution is 2.20. The van der Waals surface area contributed by atoms with Crippen molar-refractivity contribution in [3.05, 3.63) is 34.6 Å². The molecular formula is C12H12N4O3S. The molecule has 0 aliphatic carbocycles. The standard InChI is InChI=1S/C12H12N4O3S/c1-7-5-9(16(2)15-7)11(19)14-12-13-6-8(20-12)3-4-10(17)18/h3-6H,1-2H3,(H,17,18)(H,13,14,19). The maximum Gasteiger partial charge on any atom is 0.328 e. The Morgan fingerprint density at radius 3 is 2.85 bits per heavy atom. The lowest BCUT2D eigenvalue weighted by Gasteiger charge is -2.00. The molecule has 104 valence electrons. The molecule has 0 fully saturated rings. The Morgan fingerprint density at radius 2 is 2.25 bits per heavy atom. The number of amides is 1. The van der Waals surface area contributed by atoms with Gasteiger partial charge < -0.3 is 5.11 Å². The summed E-state index contributed by atoms with van der Waals surface area (Å²) in [5.41, 5.74) is 1.18. The Labute approximate surface area is 118 Å². The molecule has 0 aliphatic rings. The summed E-state index contributed by atoms with van der Waals surface area (Å²) < 4.78 is 1.49. The van der Waals surface area contributed by atoms with E-state index in [1.807, 2.05) is 0 Å². The number of carbonyl (C=O) groups is 2. The van der Waals surface area contributed by atoms with Crippen LogP contribution in [0, 0.1) is 6.92 Å². The van der Waals surface area contributed by atoms with Crippen LogP contribution in [0.2, 0.25) is 0 Å². The Bertz CT molecular complexity index is 687. The lowest BCUT2D eigenvalue weighted by atomic mass is 10.3.